The lowest BCUT2D eigenvalue weighted by Crippen LogP contribution is -2.30. The molecule has 1 N–H and O–H groups in total. The fourth-order valence-corrected chi connectivity index (χ4v) is 2.11. The number of carbonyl (C=O) groups excluding carboxylic acids is 1. The normalized spacial score (nSPS) is 12.2. The first kappa shape index (κ1) is 15.0. The van der Waals surface area contributed by atoms with E-state index >= 15 is 0 Å². The fourth-order valence-electron chi connectivity index (χ4n) is 1.43. The second-order valence-electron chi connectivity index (χ2n) is 4.68. The Bertz CT molecular complexity index is 378. The molecule has 1 aromatic rings. The third-order valence-electron chi connectivity index (χ3n) is 3.20. The zero-order valence-electron chi connectivity index (χ0n) is 11.7. The van der Waals surface area contributed by atoms with Crippen LogP contribution in [0.5, 0.6) is 0 Å². The van der Waals surface area contributed by atoms with E-state index in [-0.39, 0.29) is 6.03 Å². The van der Waals surface area contributed by atoms with E-state index in [4.69, 9.17) is 0 Å². The molecule has 0 aliphatic heterocycles. The van der Waals surface area contributed by atoms with Crippen LogP contribution in [-0.4, -0.2) is 28.9 Å². The fraction of sp³-hybridized carbons (Fsp3) is 0.692. The third kappa shape index (κ3) is 4.64. The number of amides is 2. The first-order valence-electron chi connectivity index (χ1n) is 6.54. The van der Waals surface area contributed by atoms with Crippen LogP contribution in [0.1, 0.15) is 39.3 Å². The summed E-state index contributed by atoms with van der Waals surface area (Å²) in [5.74, 6) is 0.732. The van der Waals surface area contributed by atoms with Gasteiger partial charge in [0.1, 0.15) is 5.00 Å². The first-order valence-corrected chi connectivity index (χ1v) is 7.31. The number of hydrogen-bond acceptors (Lipinski definition) is 3. The number of rotatable bonds is 6. The van der Waals surface area contributed by atoms with Crippen molar-refractivity contribution in [3.63, 3.8) is 0 Å². The molecule has 0 fully saturated rings. The number of urea groups is 1. The summed E-state index contributed by atoms with van der Waals surface area (Å²) in [7, 11) is 1.78. The minimum atomic E-state index is -0.0744. The minimum absolute atomic E-state index is 0.0744. The Morgan fingerprint density at radius 2 is 2.28 bits per heavy atom. The molecule has 1 atom stereocenters. The second kappa shape index (κ2) is 7.36. The summed E-state index contributed by atoms with van der Waals surface area (Å²) < 4.78 is 4.37. The molecule has 0 saturated carbocycles. The van der Waals surface area contributed by atoms with Gasteiger partial charge in [0.15, 0.2) is 0 Å². The highest BCUT2D eigenvalue weighted by molar-refractivity contribution is 7.10. The Balaban J connectivity index is 2.45. The molecule has 0 saturated heterocycles. The van der Waals surface area contributed by atoms with Crippen LogP contribution in [-0.2, 0) is 6.42 Å². The van der Waals surface area contributed by atoms with Gasteiger partial charge >= 0.3 is 6.03 Å². The lowest BCUT2D eigenvalue weighted by atomic mass is 10.0. The summed E-state index contributed by atoms with van der Waals surface area (Å²) in [5, 5.41) is 3.69. The largest absolute Gasteiger partial charge is 0.328 e. The zero-order chi connectivity index (χ0) is 13.5. The molecular weight excluding hydrogens is 246 g/mol. The van der Waals surface area contributed by atoms with E-state index in [1.165, 1.54) is 18.0 Å². The molecule has 0 radical (unpaired) electrons. The third-order valence-corrected chi connectivity index (χ3v) is 3.94. The molecule has 2 amide bonds. The van der Waals surface area contributed by atoms with Gasteiger partial charge in [-0.05, 0) is 43.3 Å². The molecule has 1 unspecified atom stereocenters. The van der Waals surface area contributed by atoms with Crippen LogP contribution < -0.4 is 5.32 Å². The van der Waals surface area contributed by atoms with Gasteiger partial charge in [-0.15, -0.1) is 0 Å². The highest BCUT2D eigenvalue weighted by Gasteiger charge is 2.09. The molecule has 0 aliphatic carbocycles. The van der Waals surface area contributed by atoms with Crippen molar-refractivity contribution in [2.75, 3.05) is 18.9 Å². The molecule has 0 aromatic carbocycles. The van der Waals surface area contributed by atoms with Crippen molar-refractivity contribution in [1.29, 1.82) is 0 Å². The smallest absolute Gasteiger partial charge is 0.322 e. The van der Waals surface area contributed by atoms with E-state index in [1.807, 2.05) is 13.0 Å². The Kier molecular flexibility index (Phi) is 6.12. The summed E-state index contributed by atoms with van der Waals surface area (Å²) in [6, 6.07) is 1.91. The monoisotopic (exact) mass is 269 g/mol. The van der Waals surface area contributed by atoms with Gasteiger partial charge < -0.3 is 4.90 Å². The minimum Gasteiger partial charge on any atom is -0.328 e. The lowest BCUT2D eigenvalue weighted by Gasteiger charge is -2.13. The summed E-state index contributed by atoms with van der Waals surface area (Å²) >= 11 is 1.36. The molecule has 4 nitrogen and oxygen atoms in total. The van der Waals surface area contributed by atoms with Crippen LogP contribution in [0.3, 0.4) is 0 Å². The van der Waals surface area contributed by atoms with Crippen LogP contribution >= 0.6 is 11.5 Å². The SMILES string of the molecule is CCC(C)CCc1cc(NC(=O)N(C)CC)sn1. The van der Waals surface area contributed by atoms with Crippen LogP contribution in [0.15, 0.2) is 6.07 Å². The van der Waals surface area contributed by atoms with Crippen molar-refractivity contribution in [1.82, 2.24) is 9.27 Å². The summed E-state index contributed by atoms with van der Waals surface area (Å²) in [5.41, 5.74) is 1.08. The second-order valence-corrected chi connectivity index (χ2v) is 5.48. The molecule has 1 rings (SSSR count). The Morgan fingerprint density at radius 3 is 2.89 bits per heavy atom. The summed E-state index contributed by atoms with van der Waals surface area (Å²) in [6.45, 7) is 7.11. The van der Waals surface area contributed by atoms with Crippen molar-refractivity contribution in [3.8, 4) is 0 Å². The van der Waals surface area contributed by atoms with Gasteiger partial charge in [0, 0.05) is 13.6 Å². The van der Waals surface area contributed by atoms with Crippen molar-refractivity contribution in [2.45, 2.75) is 40.0 Å². The van der Waals surface area contributed by atoms with Crippen LogP contribution in [0, 0.1) is 5.92 Å². The lowest BCUT2D eigenvalue weighted by molar-refractivity contribution is 0.225. The van der Waals surface area contributed by atoms with Gasteiger partial charge in [-0.1, -0.05) is 20.3 Å². The molecule has 5 heteroatoms. The van der Waals surface area contributed by atoms with Gasteiger partial charge in [0.05, 0.1) is 5.69 Å². The molecule has 0 aliphatic rings. The summed E-state index contributed by atoms with van der Waals surface area (Å²) in [6.07, 6.45) is 3.35. The number of nitrogens with zero attached hydrogens (tertiary/aromatic N) is 2. The average molecular weight is 269 g/mol. The van der Waals surface area contributed by atoms with Crippen molar-refractivity contribution >= 4 is 22.6 Å². The van der Waals surface area contributed by atoms with Crippen LogP contribution in [0.2, 0.25) is 0 Å². The quantitative estimate of drug-likeness (QED) is 0.857. The molecule has 18 heavy (non-hydrogen) atoms. The van der Waals surface area contributed by atoms with Crippen molar-refractivity contribution in [2.24, 2.45) is 5.92 Å². The zero-order valence-corrected chi connectivity index (χ0v) is 12.5. The van der Waals surface area contributed by atoms with E-state index < -0.39 is 0 Å². The van der Waals surface area contributed by atoms with E-state index in [9.17, 15) is 4.79 Å². The Hall–Kier alpha value is -1.10. The number of aryl methyl sites for hydroxylation is 1. The maximum absolute atomic E-state index is 11.7. The highest BCUT2D eigenvalue weighted by Crippen LogP contribution is 2.19. The Morgan fingerprint density at radius 1 is 1.56 bits per heavy atom. The number of nitrogens with one attached hydrogen (secondary N) is 1. The predicted octanol–water partition coefficient (Wildman–Crippen LogP) is 3.61. The van der Waals surface area contributed by atoms with E-state index in [2.05, 4.69) is 23.5 Å². The maximum atomic E-state index is 11.7. The average Bonchev–Trinajstić information content (AvgIpc) is 2.82. The topological polar surface area (TPSA) is 45.2 Å². The number of hydrogen-bond donors (Lipinski definition) is 1. The van der Waals surface area contributed by atoms with Crippen molar-refractivity contribution in [3.05, 3.63) is 11.8 Å². The molecule has 1 aromatic heterocycles. The predicted molar refractivity (Wildman–Crippen MR) is 77.2 cm³/mol. The number of carbonyl (C=O) groups is 1. The van der Waals surface area contributed by atoms with E-state index in [0.29, 0.717) is 6.54 Å². The van der Waals surface area contributed by atoms with Gasteiger partial charge in [-0.3, -0.25) is 5.32 Å². The molecule has 1 heterocycles. The van der Waals surface area contributed by atoms with Crippen molar-refractivity contribution < 1.29 is 4.79 Å². The maximum Gasteiger partial charge on any atom is 0.322 e. The molecule has 0 spiro atoms. The first-order chi connectivity index (χ1) is 8.56. The van der Waals surface area contributed by atoms with Crippen LogP contribution in [0.4, 0.5) is 9.80 Å². The molecule has 102 valence electrons. The number of aromatic nitrogens is 1. The highest BCUT2D eigenvalue weighted by atomic mass is 32.1. The molecule has 0 bridgehead atoms. The van der Waals surface area contributed by atoms with Gasteiger partial charge in [-0.25, -0.2) is 4.79 Å². The van der Waals surface area contributed by atoms with E-state index in [1.54, 1.807) is 11.9 Å². The summed E-state index contributed by atoms with van der Waals surface area (Å²) in [4.78, 5) is 13.3. The van der Waals surface area contributed by atoms with Crippen LogP contribution in [0.25, 0.3) is 0 Å². The van der Waals surface area contributed by atoms with E-state index in [0.717, 1.165) is 29.5 Å². The van der Waals surface area contributed by atoms with Gasteiger partial charge in [-0.2, -0.15) is 4.37 Å². The molecular formula is C13H23N3OS. The number of anilines is 1. The Labute approximate surface area is 114 Å². The van der Waals surface area contributed by atoms with Gasteiger partial charge in [0.25, 0.3) is 0 Å². The van der Waals surface area contributed by atoms with Gasteiger partial charge in [0.2, 0.25) is 0 Å². The standard InChI is InChI=1S/C13H23N3OS/c1-5-10(3)7-8-11-9-12(18-15-11)14-13(17)16(4)6-2/h9-10H,5-8H2,1-4H3,(H,14,17).